The molecule has 266 valence electrons. The van der Waals surface area contributed by atoms with Crippen molar-refractivity contribution in [2.75, 3.05) is 41.5 Å². The van der Waals surface area contributed by atoms with Gasteiger partial charge in [0.05, 0.1) is 31.3 Å². The molecule has 11 atom stereocenters. The number of carboxylic acids is 1. The summed E-state index contributed by atoms with van der Waals surface area (Å²) < 4.78 is 19.6. The summed E-state index contributed by atoms with van der Waals surface area (Å²) in [7, 11) is 8.02. The minimum Gasteiger partial charge on any atom is -0.481 e. The van der Waals surface area contributed by atoms with E-state index in [4.69, 9.17) is 14.2 Å². The van der Waals surface area contributed by atoms with E-state index in [1.807, 2.05) is 14.2 Å². The van der Waals surface area contributed by atoms with E-state index in [0.717, 1.165) is 38.5 Å². The van der Waals surface area contributed by atoms with Crippen molar-refractivity contribution < 1.29 is 24.1 Å². The van der Waals surface area contributed by atoms with Crippen molar-refractivity contribution >= 4 is 5.97 Å². The van der Waals surface area contributed by atoms with Gasteiger partial charge in [-0.25, -0.2) is 0 Å². The Bertz CT molecular complexity index is 1140. The zero-order chi connectivity index (χ0) is 34.8. The highest BCUT2D eigenvalue weighted by atomic mass is 16.5. The van der Waals surface area contributed by atoms with Crippen LogP contribution in [0.3, 0.4) is 0 Å². The van der Waals surface area contributed by atoms with Crippen LogP contribution in [0.2, 0.25) is 0 Å². The van der Waals surface area contributed by atoms with Crippen LogP contribution in [0.1, 0.15) is 115 Å². The molecule has 0 saturated heterocycles. The van der Waals surface area contributed by atoms with Crippen LogP contribution < -0.4 is 0 Å². The fourth-order valence-electron chi connectivity index (χ4n) is 12.0. The highest BCUT2D eigenvalue weighted by molar-refractivity contribution is 5.73. The van der Waals surface area contributed by atoms with Gasteiger partial charge in [0, 0.05) is 25.2 Å². The zero-order valence-electron chi connectivity index (χ0n) is 32.4. The first-order chi connectivity index (χ1) is 21.2. The summed E-state index contributed by atoms with van der Waals surface area (Å²) in [5, 5.41) is 11.0. The van der Waals surface area contributed by atoms with Crippen molar-refractivity contribution in [3.05, 3.63) is 11.6 Å². The number of carboxylic acid groups (broad SMARTS) is 1. The number of hydrogen-bond acceptors (Lipinski definition) is 5. The van der Waals surface area contributed by atoms with E-state index in [2.05, 4.69) is 101 Å². The van der Waals surface area contributed by atoms with E-state index in [0.29, 0.717) is 42.8 Å². The number of allylic oxidation sites excluding steroid dienone is 1. The molecule has 4 aliphatic carbocycles. The van der Waals surface area contributed by atoms with Gasteiger partial charge < -0.3 is 24.2 Å². The van der Waals surface area contributed by atoms with Crippen LogP contribution in [0.15, 0.2) is 11.6 Å². The molecule has 4 aliphatic rings. The molecule has 3 saturated carbocycles. The van der Waals surface area contributed by atoms with Crippen LogP contribution >= 0.6 is 0 Å². The molecule has 0 bridgehead atoms. The van der Waals surface area contributed by atoms with Crippen LogP contribution in [0.5, 0.6) is 0 Å². The number of fused-ring (bicyclic) bond motifs is 5. The number of ether oxygens (including phenoxy) is 3. The van der Waals surface area contributed by atoms with Crippen LogP contribution in [-0.2, 0) is 19.0 Å². The number of aliphatic carboxylic acids is 1. The van der Waals surface area contributed by atoms with Crippen LogP contribution in [0.4, 0.5) is 0 Å². The maximum atomic E-state index is 13.4. The number of likely N-dealkylation sites (N-methyl/N-ethyl adjacent to an activating group) is 1. The van der Waals surface area contributed by atoms with Gasteiger partial charge in [-0.05, 0) is 111 Å². The van der Waals surface area contributed by atoms with E-state index in [1.165, 1.54) is 5.57 Å². The molecule has 46 heavy (non-hydrogen) atoms. The maximum absolute atomic E-state index is 13.4. The van der Waals surface area contributed by atoms with Gasteiger partial charge >= 0.3 is 5.97 Å². The van der Waals surface area contributed by atoms with Gasteiger partial charge in [-0.15, -0.1) is 0 Å². The lowest BCUT2D eigenvalue weighted by atomic mass is 9.34. The van der Waals surface area contributed by atoms with E-state index >= 15 is 0 Å². The minimum atomic E-state index is -0.607. The molecule has 1 N–H and O–H groups in total. The number of methoxy groups -OCH3 is 2. The largest absolute Gasteiger partial charge is 0.481 e. The topological polar surface area (TPSA) is 68.2 Å². The molecule has 0 spiro atoms. The third-order valence-electron chi connectivity index (χ3n) is 16.0. The molecular formula is C40H71NO5. The lowest BCUT2D eigenvalue weighted by Gasteiger charge is -2.70. The fraction of sp³-hybridized carbons (Fsp3) is 0.925. The van der Waals surface area contributed by atoms with Gasteiger partial charge in [0.1, 0.15) is 0 Å². The number of hydrogen-bond donors (Lipinski definition) is 1. The van der Waals surface area contributed by atoms with Crippen LogP contribution in [0.25, 0.3) is 0 Å². The number of nitrogens with zero attached hydrogens (tertiary/aromatic N) is 1. The van der Waals surface area contributed by atoms with E-state index in [1.54, 1.807) is 0 Å². The Morgan fingerprint density at radius 2 is 1.65 bits per heavy atom. The predicted molar refractivity (Wildman–Crippen MR) is 188 cm³/mol. The van der Waals surface area contributed by atoms with Crippen molar-refractivity contribution in [1.29, 1.82) is 0 Å². The Morgan fingerprint density at radius 3 is 2.15 bits per heavy atom. The molecule has 0 aromatic heterocycles. The average molecular weight is 646 g/mol. The van der Waals surface area contributed by atoms with Gasteiger partial charge in [-0.1, -0.05) is 80.9 Å². The lowest BCUT2D eigenvalue weighted by molar-refractivity contribution is -0.227. The molecule has 3 fully saturated rings. The molecule has 6 nitrogen and oxygen atoms in total. The molecule has 0 unspecified atom stereocenters. The van der Waals surface area contributed by atoms with Gasteiger partial charge in [0.15, 0.2) is 0 Å². The van der Waals surface area contributed by atoms with E-state index in [-0.39, 0.29) is 50.7 Å². The summed E-state index contributed by atoms with van der Waals surface area (Å²) >= 11 is 0. The smallest absolute Gasteiger partial charge is 0.307 e. The molecule has 0 aromatic carbocycles. The van der Waals surface area contributed by atoms with Crippen molar-refractivity contribution in [1.82, 2.24) is 4.90 Å². The number of rotatable bonds is 11. The molecular weight excluding hydrogens is 574 g/mol. The van der Waals surface area contributed by atoms with Crippen molar-refractivity contribution in [2.24, 2.45) is 62.6 Å². The average Bonchev–Trinajstić information content (AvgIpc) is 2.96. The van der Waals surface area contributed by atoms with E-state index < -0.39 is 5.97 Å². The summed E-state index contributed by atoms with van der Waals surface area (Å²) in [6, 6.07) is 0. The van der Waals surface area contributed by atoms with Gasteiger partial charge in [0.2, 0.25) is 0 Å². The molecule has 6 heteroatoms. The highest BCUT2D eigenvalue weighted by Crippen LogP contribution is 2.74. The maximum Gasteiger partial charge on any atom is 0.307 e. The zero-order valence-corrected chi connectivity index (χ0v) is 32.4. The third-order valence-corrected chi connectivity index (χ3v) is 16.0. The van der Waals surface area contributed by atoms with Crippen molar-refractivity contribution in [3.8, 4) is 0 Å². The summed E-state index contributed by atoms with van der Waals surface area (Å²) in [6.45, 7) is 26.9. The standard InChI is InChI=1S/C40H71NO5/c1-25(2)27(5)36(8)20-21-37(9)28-16-17-31-35(6,7)33(46-23-39(11,26(3)4)41(12)13)30(45-15)22-40(31,24-44-14)29(28)18-19-38(37,10)32(36)34(42)43/h18,25-28,30-33H,16-17,19-24H2,1-15H3,(H,42,43)/t27-,28+,30-,31+,32-,33+,36-,37-,38+,39-,40+/m1/s1. The molecule has 0 amide bonds. The second-order valence-electron chi connectivity index (χ2n) is 18.7. The second kappa shape index (κ2) is 12.7. The summed E-state index contributed by atoms with van der Waals surface area (Å²) in [5.74, 6) is 0.935. The Hall–Kier alpha value is -0.950. The molecule has 0 heterocycles. The van der Waals surface area contributed by atoms with E-state index in [9.17, 15) is 9.90 Å². The molecule has 0 aliphatic heterocycles. The predicted octanol–water partition coefficient (Wildman–Crippen LogP) is 8.59. The van der Waals surface area contributed by atoms with Gasteiger partial charge in [-0.2, -0.15) is 0 Å². The Balaban J connectivity index is 1.79. The normalized spacial score (nSPS) is 42.6. The molecule has 4 rings (SSSR count). The highest BCUT2D eigenvalue weighted by Gasteiger charge is 2.70. The fourth-order valence-corrected chi connectivity index (χ4v) is 12.0. The summed E-state index contributed by atoms with van der Waals surface area (Å²) in [6.07, 6.45) is 8.31. The lowest BCUT2D eigenvalue weighted by Crippen LogP contribution is -2.67. The van der Waals surface area contributed by atoms with Crippen molar-refractivity contribution in [2.45, 2.75) is 132 Å². The summed E-state index contributed by atoms with van der Waals surface area (Å²) in [5.41, 5.74) is 0.471. The Morgan fingerprint density at radius 1 is 1.02 bits per heavy atom. The third kappa shape index (κ3) is 5.37. The van der Waals surface area contributed by atoms with Crippen LogP contribution in [0, 0.1) is 62.6 Å². The Labute approximate surface area is 282 Å². The first-order valence-corrected chi connectivity index (χ1v) is 18.4. The minimum absolute atomic E-state index is 0.0311. The van der Waals surface area contributed by atoms with Crippen LogP contribution in [-0.4, -0.2) is 75.3 Å². The molecule has 0 radical (unpaired) electrons. The second-order valence-corrected chi connectivity index (χ2v) is 18.7. The summed E-state index contributed by atoms with van der Waals surface area (Å²) in [4.78, 5) is 15.7. The van der Waals surface area contributed by atoms with Crippen molar-refractivity contribution in [3.63, 3.8) is 0 Å². The monoisotopic (exact) mass is 646 g/mol. The first kappa shape index (κ1) is 37.9. The van der Waals surface area contributed by atoms with Gasteiger partial charge in [0.25, 0.3) is 0 Å². The quantitative estimate of drug-likeness (QED) is 0.227. The van der Waals surface area contributed by atoms with Gasteiger partial charge in [-0.3, -0.25) is 4.79 Å². The Kier molecular flexibility index (Phi) is 10.5. The molecule has 0 aromatic rings. The number of carbonyl (C=O) groups is 1. The SMILES string of the molecule is COC[C@]12C[C@@H](OC)[C@H](OC[C@](C)(C(C)C)N(C)C)C(C)(C)[C@@H]1CC[C@H]1C2=CC[C@@]2(C)[C@H](C(=O)O)[C@@](C)([C@H](C)C(C)C)CC[C@]12C. The first-order valence-electron chi connectivity index (χ1n) is 18.4.